The maximum Gasteiger partial charge on any atom is 0.416 e. The molecular formula is C33H39ClF3N7O2. The molecular weight excluding hydrogens is 619 g/mol. The highest BCUT2D eigenvalue weighted by atomic mass is 35.5. The summed E-state index contributed by atoms with van der Waals surface area (Å²) < 4.78 is 38.9. The molecule has 0 radical (unpaired) electrons. The van der Waals surface area contributed by atoms with Crippen LogP contribution in [0.15, 0.2) is 66.9 Å². The van der Waals surface area contributed by atoms with E-state index in [1.165, 1.54) is 12.1 Å². The molecule has 2 aliphatic heterocycles. The maximum absolute atomic E-state index is 13.0. The fourth-order valence-corrected chi connectivity index (χ4v) is 5.93. The molecule has 9 nitrogen and oxygen atoms in total. The van der Waals surface area contributed by atoms with Gasteiger partial charge >= 0.3 is 18.2 Å². The normalized spacial score (nSPS) is 16.7. The van der Waals surface area contributed by atoms with E-state index in [1.54, 1.807) is 29.2 Å². The molecule has 2 fully saturated rings. The number of nitrogens with one attached hydrogen (secondary N) is 3. The predicted molar refractivity (Wildman–Crippen MR) is 173 cm³/mol. The Balaban J connectivity index is 0.955. The molecule has 0 spiro atoms. The predicted octanol–water partition coefficient (Wildman–Crippen LogP) is 6.32. The Hall–Kier alpha value is -3.87. The van der Waals surface area contributed by atoms with Crippen molar-refractivity contribution in [1.82, 2.24) is 25.0 Å². The minimum Gasteiger partial charge on any atom is -0.335 e. The van der Waals surface area contributed by atoms with Crippen molar-refractivity contribution in [2.24, 2.45) is 0 Å². The van der Waals surface area contributed by atoms with Gasteiger partial charge in [-0.2, -0.15) is 13.2 Å². The van der Waals surface area contributed by atoms with E-state index in [-0.39, 0.29) is 17.8 Å². The van der Waals surface area contributed by atoms with Crippen LogP contribution >= 0.6 is 11.6 Å². The number of hydrogen-bond acceptors (Lipinski definition) is 5. The fraction of sp³-hybridized carbons (Fsp3) is 0.424. The number of hydrogen-bond donors (Lipinski definition) is 3. The van der Waals surface area contributed by atoms with E-state index in [1.807, 2.05) is 6.20 Å². The number of nitrogens with zero attached hydrogens (tertiary/aromatic N) is 4. The zero-order valence-corrected chi connectivity index (χ0v) is 26.3. The monoisotopic (exact) mass is 657 g/mol. The van der Waals surface area contributed by atoms with Gasteiger partial charge in [0.25, 0.3) is 0 Å². The molecule has 1 aromatic heterocycles. The number of likely N-dealkylation sites (tertiary alicyclic amines) is 1. The van der Waals surface area contributed by atoms with Crippen LogP contribution in [0.3, 0.4) is 0 Å². The second kappa shape index (κ2) is 15.6. The molecule has 0 atom stereocenters. The van der Waals surface area contributed by atoms with Crippen LogP contribution < -0.4 is 16.0 Å². The lowest BCUT2D eigenvalue weighted by Gasteiger charge is -2.34. The summed E-state index contributed by atoms with van der Waals surface area (Å²) in [7, 11) is 0. The van der Waals surface area contributed by atoms with Crippen LogP contribution in [-0.2, 0) is 19.1 Å². The number of piperidine rings is 1. The standard InChI is InChI=1S/C33H39ClF3N7O2/c34-26-5-2-7-30(21-26)40-31(45)39-28-11-14-42(15-12-28)13-3-8-27-10-9-24(22-38-27)23-43-16-18-44(19-17-43)32(46)41-29-6-1-4-25(20-29)33(35,36)37/h1-2,4-7,9-10,20-22,28H,3,8,11-19,23H2,(H,41,46)(H2,39,40,45). The van der Waals surface area contributed by atoms with Gasteiger partial charge in [-0.25, -0.2) is 9.59 Å². The Morgan fingerprint density at radius 2 is 1.59 bits per heavy atom. The highest BCUT2D eigenvalue weighted by molar-refractivity contribution is 6.30. The molecule has 246 valence electrons. The third-order valence-electron chi connectivity index (χ3n) is 8.31. The minimum absolute atomic E-state index is 0.127. The number of urea groups is 2. The largest absolute Gasteiger partial charge is 0.416 e. The van der Waals surface area contributed by atoms with E-state index in [4.69, 9.17) is 11.6 Å². The number of aryl methyl sites for hydroxylation is 1. The van der Waals surface area contributed by atoms with Crippen LogP contribution in [-0.4, -0.2) is 83.6 Å². The zero-order valence-electron chi connectivity index (χ0n) is 25.5. The Bertz CT molecular complexity index is 1460. The number of benzene rings is 2. The van der Waals surface area contributed by atoms with Gasteiger partial charge in [0.15, 0.2) is 0 Å². The molecule has 2 aromatic carbocycles. The van der Waals surface area contributed by atoms with Gasteiger partial charge in [-0.15, -0.1) is 0 Å². The van der Waals surface area contributed by atoms with Gasteiger partial charge in [0.2, 0.25) is 0 Å². The SMILES string of the molecule is O=C(Nc1cccc(Cl)c1)NC1CCN(CCCc2ccc(CN3CCN(C(=O)Nc4cccc(C(F)(F)F)c4)CC3)cn2)CC1. The fourth-order valence-electron chi connectivity index (χ4n) is 5.74. The highest BCUT2D eigenvalue weighted by Crippen LogP contribution is 2.30. The average Bonchev–Trinajstić information content (AvgIpc) is 3.03. The van der Waals surface area contributed by atoms with Crippen molar-refractivity contribution in [2.75, 3.05) is 56.4 Å². The van der Waals surface area contributed by atoms with Crippen molar-refractivity contribution in [3.63, 3.8) is 0 Å². The molecule has 3 heterocycles. The van der Waals surface area contributed by atoms with E-state index in [0.29, 0.717) is 36.9 Å². The van der Waals surface area contributed by atoms with E-state index < -0.39 is 17.8 Å². The molecule has 0 saturated carbocycles. The average molecular weight is 658 g/mol. The van der Waals surface area contributed by atoms with Gasteiger partial charge < -0.3 is 25.8 Å². The molecule has 3 N–H and O–H groups in total. The molecule has 13 heteroatoms. The van der Waals surface area contributed by atoms with E-state index >= 15 is 0 Å². The third-order valence-corrected chi connectivity index (χ3v) is 8.54. The first kappa shape index (κ1) is 33.5. The molecule has 3 aromatic rings. The van der Waals surface area contributed by atoms with Crippen molar-refractivity contribution < 1.29 is 22.8 Å². The van der Waals surface area contributed by atoms with Gasteiger partial charge in [-0.1, -0.05) is 29.8 Å². The van der Waals surface area contributed by atoms with Gasteiger partial charge in [0, 0.05) is 80.1 Å². The molecule has 2 aliphatic rings. The number of halogens is 4. The quantitative estimate of drug-likeness (QED) is 0.251. The zero-order chi connectivity index (χ0) is 32.5. The van der Waals surface area contributed by atoms with Crippen LogP contribution in [0, 0.1) is 0 Å². The Kier molecular flexibility index (Phi) is 11.4. The summed E-state index contributed by atoms with van der Waals surface area (Å²) in [5.74, 6) is 0. The first-order chi connectivity index (χ1) is 22.1. The number of carbonyl (C=O) groups excluding carboxylic acids is 2. The highest BCUT2D eigenvalue weighted by Gasteiger charge is 2.31. The van der Waals surface area contributed by atoms with Crippen LogP contribution in [0.5, 0.6) is 0 Å². The van der Waals surface area contributed by atoms with Crippen molar-refractivity contribution in [3.8, 4) is 0 Å². The lowest BCUT2D eigenvalue weighted by atomic mass is 10.0. The third kappa shape index (κ3) is 10.1. The van der Waals surface area contributed by atoms with Crippen LogP contribution in [0.25, 0.3) is 0 Å². The Morgan fingerprint density at radius 3 is 2.26 bits per heavy atom. The van der Waals surface area contributed by atoms with E-state index in [9.17, 15) is 22.8 Å². The number of carbonyl (C=O) groups is 2. The van der Waals surface area contributed by atoms with Crippen LogP contribution in [0.4, 0.5) is 34.1 Å². The van der Waals surface area contributed by atoms with E-state index in [2.05, 4.69) is 42.9 Å². The van der Waals surface area contributed by atoms with Crippen molar-refractivity contribution >= 4 is 35.0 Å². The summed E-state index contributed by atoms with van der Waals surface area (Å²) >= 11 is 5.99. The maximum atomic E-state index is 13.0. The number of pyridine rings is 1. The molecule has 0 unspecified atom stereocenters. The smallest absolute Gasteiger partial charge is 0.335 e. The van der Waals surface area contributed by atoms with Gasteiger partial charge in [-0.05, 0) is 80.3 Å². The first-order valence-electron chi connectivity index (χ1n) is 15.6. The Morgan fingerprint density at radius 1 is 0.870 bits per heavy atom. The molecule has 2 saturated heterocycles. The van der Waals surface area contributed by atoms with Crippen LogP contribution in [0.2, 0.25) is 5.02 Å². The van der Waals surface area contributed by atoms with Crippen molar-refractivity contribution in [3.05, 3.63) is 88.7 Å². The summed E-state index contributed by atoms with van der Waals surface area (Å²) in [6, 6.07) is 15.5. The van der Waals surface area contributed by atoms with Gasteiger partial charge in [-0.3, -0.25) is 9.88 Å². The minimum atomic E-state index is -4.46. The van der Waals surface area contributed by atoms with Crippen molar-refractivity contribution in [2.45, 2.75) is 44.4 Å². The van der Waals surface area contributed by atoms with Crippen molar-refractivity contribution in [1.29, 1.82) is 0 Å². The summed E-state index contributed by atoms with van der Waals surface area (Å²) in [5.41, 5.74) is 2.15. The first-order valence-corrected chi connectivity index (χ1v) is 15.9. The number of amides is 4. The lowest BCUT2D eigenvalue weighted by molar-refractivity contribution is -0.137. The number of piperazine rings is 1. The summed E-state index contributed by atoms with van der Waals surface area (Å²) in [4.78, 5) is 35.9. The molecule has 46 heavy (non-hydrogen) atoms. The lowest BCUT2D eigenvalue weighted by Crippen LogP contribution is -2.49. The van der Waals surface area contributed by atoms with Gasteiger partial charge in [0.05, 0.1) is 5.56 Å². The second-order valence-corrected chi connectivity index (χ2v) is 12.2. The molecule has 5 rings (SSSR count). The topological polar surface area (TPSA) is 92.8 Å². The molecule has 4 amide bonds. The summed E-state index contributed by atoms with van der Waals surface area (Å²) in [5, 5.41) is 9.06. The second-order valence-electron chi connectivity index (χ2n) is 11.8. The summed E-state index contributed by atoms with van der Waals surface area (Å²) in [6.07, 6.45) is 1.16. The number of anilines is 2. The summed E-state index contributed by atoms with van der Waals surface area (Å²) in [6.45, 7) is 5.88. The van der Waals surface area contributed by atoms with E-state index in [0.717, 1.165) is 75.3 Å². The Labute approximate surface area is 272 Å². The number of rotatable bonds is 9. The van der Waals surface area contributed by atoms with Crippen LogP contribution in [0.1, 0.15) is 36.1 Å². The number of alkyl halides is 3. The molecule has 0 bridgehead atoms. The molecule has 0 aliphatic carbocycles. The van der Waals surface area contributed by atoms with Gasteiger partial charge in [0.1, 0.15) is 0 Å². The number of aromatic nitrogens is 1.